The van der Waals surface area contributed by atoms with Gasteiger partial charge in [-0.25, -0.2) is 4.79 Å². The standard InChI is InChI=1S/C20H21NO3/c22-18(11-10-15-6-4-5-9-17(15)19(23)24)21-14-20(12-13-20)16-7-2-1-3-8-16/h1-9H,10-14H2,(H,21,22)(H,23,24). The summed E-state index contributed by atoms with van der Waals surface area (Å²) in [5, 5.41) is 12.2. The first-order valence-electron chi connectivity index (χ1n) is 8.24. The van der Waals surface area contributed by atoms with Gasteiger partial charge in [0.25, 0.3) is 0 Å². The molecule has 1 aliphatic carbocycles. The van der Waals surface area contributed by atoms with Crippen LogP contribution < -0.4 is 5.32 Å². The number of carboxylic acids is 1. The zero-order valence-electron chi connectivity index (χ0n) is 13.5. The summed E-state index contributed by atoms with van der Waals surface area (Å²) in [6.45, 7) is 0.649. The summed E-state index contributed by atoms with van der Waals surface area (Å²) < 4.78 is 0. The summed E-state index contributed by atoms with van der Waals surface area (Å²) in [6.07, 6.45) is 2.93. The molecule has 3 rings (SSSR count). The molecule has 4 nitrogen and oxygen atoms in total. The van der Waals surface area contributed by atoms with Crippen molar-refractivity contribution in [2.24, 2.45) is 0 Å². The molecular weight excluding hydrogens is 302 g/mol. The van der Waals surface area contributed by atoms with E-state index in [2.05, 4.69) is 17.4 Å². The van der Waals surface area contributed by atoms with E-state index < -0.39 is 5.97 Å². The molecule has 0 radical (unpaired) electrons. The van der Waals surface area contributed by atoms with Gasteiger partial charge in [-0.15, -0.1) is 0 Å². The van der Waals surface area contributed by atoms with Gasteiger partial charge in [0.05, 0.1) is 5.56 Å². The monoisotopic (exact) mass is 323 g/mol. The highest BCUT2D eigenvalue weighted by Crippen LogP contribution is 2.47. The van der Waals surface area contributed by atoms with E-state index in [1.54, 1.807) is 24.3 Å². The van der Waals surface area contributed by atoms with Gasteiger partial charge in [-0.2, -0.15) is 0 Å². The van der Waals surface area contributed by atoms with Crippen LogP contribution in [0.5, 0.6) is 0 Å². The number of hydrogen-bond donors (Lipinski definition) is 2. The Bertz CT molecular complexity index is 736. The molecule has 0 aromatic heterocycles. The van der Waals surface area contributed by atoms with Crippen molar-refractivity contribution in [3.63, 3.8) is 0 Å². The van der Waals surface area contributed by atoms with E-state index in [0.717, 1.165) is 12.8 Å². The van der Waals surface area contributed by atoms with Crippen molar-refractivity contribution in [3.8, 4) is 0 Å². The molecule has 1 aliphatic rings. The Labute approximate surface area is 141 Å². The van der Waals surface area contributed by atoms with Crippen molar-refractivity contribution in [2.75, 3.05) is 6.54 Å². The lowest BCUT2D eigenvalue weighted by Gasteiger charge is -2.16. The number of aromatic carboxylic acids is 1. The molecule has 2 N–H and O–H groups in total. The maximum absolute atomic E-state index is 12.1. The predicted molar refractivity (Wildman–Crippen MR) is 92.1 cm³/mol. The van der Waals surface area contributed by atoms with Gasteiger partial charge < -0.3 is 10.4 Å². The third kappa shape index (κ3) is 3.65. The number of amides is 1. The first kappa shape index (κ1) is 16.2. The zero-order valence-corrected chi connectivity index (χ0v) is 13.5. The SMILES string of the molecule is O=C(CCc1ccccc1C(=O)O)NCC1(c2ccccc2)CC1. The van der Waals surface area contributed by atoms with Crippen molar-refractivity contribution in [3.05, 3.63) is 71.3 Å². The zero-order chi connectivity index (χ0) is 17.0. The van der Waals surface area contributed by atoms with E-state index in [4.69, 9.17) is 0 Å². The van der Waals surface area contributed by atoms with E-state index in [1.807, 2.05) is 18.2 Å². The molecule has 1 amide bonds. The molecule has 0 aliphatic heterocycles. The molecular formula is C20H21NO3. The number of aryl methyl sites for hydroxylation is 1. The van der Waals surface area contributed by atoms with E-state index in [-0.39, 0.29) is 16.9 Å². The predicted octanol–water partition coefficient (Wildman–Crippen LogP) is 3.17. The molecule has 0 spiro atoms. The molecule has 4 heteroatoms. The van der Waals surface area contributed by atoms with Gasteiger partial charge in [-0.05, 0) is 36.5 Å². The average molecular weight is 323 g/mol. The van der Waals surface area contributed by atoms with Gasteiger partial charge in [0, 0.05) is 18.4 Å². The molecule has 0 unspecified atom stereocenters. The number of carboxylic acid groups (broad SMARTS) is 1. The molecule has 2 aromatic carbocycles. The van der Waals surface area contributed by atoms with Gasteiger partial charge in [0.2, 0.25) is 5.91 Å². The first-order valence-corrected chi connectivity index (χ1v) is 8.24. The second kappa shape index (κ2) is 6.87. The highest BCUT2D eigenvalue weighted by molar-refractivity contribution is 5.89. The second-order valence-electron chi connectivity index (χ2n) is 6.39. The van der Waals surface area contributed by atoms with E-state index in [0.29, 0.717) is 24.9 Å². The highest BCUT2D eigenvalue weighted by atomic mass is 16.4. The summed E-state index contributed by atoms with van der Waals surface area (Å²) in [5.74, 6) is -0.982. The van der Waals surface area contributed by atoms with Gasteiger partial charge in [0.1, 0.15) is 0 Å². The van der Waals surface area contributed by atoms with Crippen LogP contribution in [0.25, 0.3) is 0 Å². The molecule has 24 heavy (non-hydrogen) atoms. The number of benzene rings is 2. The molecule has 2 aromatic rings. The minimum Gasteiger partial charge on any atom is -0.478 e. The number of carbonyl (C=O) groups is 2. The van der Waals surface area contributed by atoms with Crippen LogP contribution in [0.2, 0.25) is 0 Å². The van der Waals surface area contributed by atoms with E-state index in [1.165, 1.54) is 5.56 Å². The quantitative estimate of drug-likeness (QED) is 0.822. The van der Waals surface area contributed by atoms with Crippen LogP contribution in [0.3, 0.4) is 0 Å². The average Bonchev–Trinajstić information content (AvgIpc) is 3.40. The van der Waals surface area contributed by atoms with Crippen LogP contribution in [0.15, 0.2) is 54.6 Å². The molecule has 0 atom stereocenters. The van der Waals surface area contributed by atoms with E-state index >= 15 is 0 Å². The Balaban J connectivity index is 1.53. The Morgan fingerprint density at radius 1 is 1.00 bits per heavy atom. The van der Waals surface area contributed by atoms with Crippen molar-refractivity contribution >= 4 is 11.9 Å². The summed E-state index contributed by atoms with van der Waals surface area (Å²) >= 11 is 0. The van der Waals surface area contributed by atoms with Crippen LogP contribution in [0.4, 0.5) is 0 Å². The Morgan fingerprint density at radius 2 is 1.67 bits per heavy atom. The summed E-state index contributed by atoms with van der Waals surface area (Å²) in [7, 11) is 0. The van der Waals surface area contributed by atoms with Gasteiger partial charge in [0.15, 0.2) is 0 Å². The topological polar surface area (TPSA) is 66.4 Å². The van der Waals surface area contributed by atoms with Crippen LogP contribution >= 0.6 is 0 Å². The lowest BCUT2D eigenvalue weighted by atomic mass is 9.96. The van der Waals surface area contributed by atoms with Crippen LogP contribution in [-0.4, -0.2) is 23.5 Å². The third-order valence-corrected chi connectivity index (χ3v) is 4.73. The van der Waals surface area contributed by atoms with Crippen molar-refractivity contribution in [2.45, 2.75) is 31.1 Å². The Kier molecular flexibility index (Phi) is 4.65. The van der Waals surface area contributed by atoms with Crippen molar-refractivity contribution in [1.29, 1.82) is 0 Å². The molecule has 0 saturated heterocycles. The lowest BCUT2D eigenvalue weighted by molar-refractivity contribution is -0.121. The molecule has 1 fully saturated rings. The number of hydrogen-bond acceptors (Lipinski definition) is 2. The van der Waals surface area contributed by atoms with Crippen LogP contribution in [-0.2, 0) is 16.6 Å². The molecule has 124 valence electrons. The number of carbonyl (C=O) groups excluding carboxylic acids is 1. The Hall–Kier alpha value is -2.62. The van der Waals surface area contributed by atoms with Crippen molar-refractivity contribution in [1.82, 2.24) is 5.32 Å². The number of rotatable bonds is 7. The van der Waals surface area contributed by atoms with Crippen LogP contribution in [0, 0.1) is 0 Å². The summed E-state index contributed by atoms with van der Waals surface area (Å²) in [5.41, 5.74) is 2.34. The second-order valence-corrected chi connectivity index (χ2v) is 6.39. The fourth-order valence-corrected chi connectivity index (χ4v) is 3.06. The highest BCUT2D eigenvalue weighted by Gasteiger charge is 2.44. The van der Waals surface area contributed by atoms with Crippen molar-refractivity contribution < 1.29 is 14.7 Å². The van der Waals surface area contributed by atoms with Gasteiger partial charge >= 0.3 is 5.97 Å². The largest absolute Gasteiger partial charge is 0.478 e. The molecule has 0 heterocycles. The summed E-state index contributed by atoms with van der Waals surface area (Å²) in [4.78, 5) is 23.3. The van der Waals surface area contributed by atoms with Gasteiger partial charge in [-0.3, -0.25) is 4.79 Å². The number of nitrogens with one attached hydrogen (secondary N) is 1. The minimum absolute atomic E-state index is 0.0302. The molecule has 1 saturated carbocycles. The smallest absolute Gasteiger partial charge is 0.335 e. The summed E-state index contributed by atoms with van der Waals surface area (Å²) in [6, 6.07) is 17.1. The fourth-order valence-electron chi connectivity index (χ4n) is 3.06. The normalized spacial score (nSPS) is 14.8. The van der Waals surface area contributed by atoms with Crippen LogP contribution in [0.1, 0.15) is 40.7 Å². The third-order valence-electron chi connectivity index (χ3n) is 4.73. The fraction of sp³-hybridized carbons (Fsp3) is 0.300. The Morgan fingerprint density at radius 3 is 2.33 bits per heavy atom. The maximum Gasteiger partial charge on any atom is 0.335 e. The first-order chi connectivity index (χ1) is 11.6. The maximum atomic E-state index is 12.1. The minimum atomic E-state index is -0.952. The molecule has 0 bridgehead atoms. The lowest BCUT2D eigenvalue weighted by Crippen LogP contribution is -2.32. The van der Waals surface area contributed by atoms with Gasteiger partial charge in [-0.1, -0.05) is 48.5 Å². The van der Waals surface area contributed by atoms with E-state index in [9.17, 15) is 14.7 Å².